The number of allylic oxidation sites excluding steroid dienone is 1. The van der Waals surface area contributed by atoms with Crippen molar-refractivity contribution >= 4 is 17.6 Å². The fourth-order valence-corrected chi connectivity index (χ4v) is 1.32. The van der Waals surface area contributed by atoms with Gasteiger partial charge in [0, 0.05) is 5.57 Å². The minimum atomic E-state index is -0.185. The molecule has 0 aromatic heterocycles. The maximum atomic E-state index is 11.2. The average Bonchev–Trinajstić information content (AvgIpc) is 2.15. The van der Waals surface area contributed by atoms with E-state index in [1.165, 1.54) is 6.42 Å². The van der Waals surface area contributed by atoms with E-state index in [2.05, 4.69) is 0 Å². The van der Waals surface area contributed by atoms with Crippen molar-refractivity contribution in [1.82, 2.24) is 0 Å². The van der Waals surface area contributed by atoms with Gasteiger partial charge in [0.1, 0.15) is 6.61 Å². The highest BCUT2D eigenvalue weighted by atomic mass is 35.5. The molecular weight excluding hydrogens is 176 g/mol. The Hall–Kier alpha value is -0.500. The molecule has 0 fully saturated rings. The molecule has 0 aromatic carbocycles. The van der Waals surface area contributed by atoms with Crippen LogP contribution in [0, 0.1) is 0 Å². The SMILES string of the molecule is O=C(OCCCl)C1=CCCCC1. The van der Waals surface area contributed by atoms with Crippen LogP contribution in [0.4, 0.5) is 0 Å². The van der Waals surface area contributed by atoms with Gasteiger partial charge >= 0.3 is 5.97 Å². The second kappa shape index (κ2) is 5.20. The average molecular weight is 189 g/mol. The number of ether oxygens (including phenoxy) is 1. The van der Waals surface area contributed by atoms with Crippen LogP contribution in [0.3, 0.4) is 0 Å². The minimum Gasteiger partial charge on any atom is -0.461 e. The zero-order valence-electron chi connectivity index (χ0n) is 7.01. The summed E-state index contributed by atoms with van der Waals surface area (Å²) in [6, 6.07) is 0. The third kappa shape index (κ3) is 2.86. The molecule has 0 bridgehead atoms. The molecule has 0 saturated carbocycles. The van der Waals surface area contributed by atoms with Crippen LogP contribution >= 0.6 is 11.6 Å². The zero-order valence-corrected chi connectivity index (χ0v) is 7.77. The molecule has 0 amide bonds. The van der Waals surface area contributed by atoms with Gasteiger partial charge in [-0.05, 0) is 25.7 Å². The summed E-state index contributed by atoms with van der Waals surface area (Å²) < 4.78 is 4.89. The van der Waals surface area contributed by atoms with Crippen molar-refractivity contribution < 1.29 is 9.53 Å². The largest absolute Gasteiger partial charge is 0.461 e. The lowest BCUT2D eigenvalue weighted by Crippen LogP contribution is -2.11. The zero-order chi connectivity index (χ0) is 8.81. The van der Waals surface area contributed by atoms with Crippen molar-refractivity contribution in [3.63, 3.8) is 0 Å². The lowest BCUT2D eigenvalue weighted by Gasteiger charge is -2.10. The number of carbonyl (C=O) groups is 1. The summed E-state index contributed by atoms with van der Waals surface area (Å²) in [5, 5.41) is 0. The van der Waals surface area contributed by atoms with Gasteiger partial charge in [-0.3, -0.25) is 0 Å². The Bertz CT molecular complexity index is 187. The minimum absolute atomic E-state index is 0.185. The number of alkyl halides is 1. The predicted octanol–water partition coefficient (Wildman–Crippen LogP) is 2.27. The Morgan fingerprint density at radius 1 is 1.58 bits per heavy atom. The maximum absolute atomic E-state index is 11.2. The summed E-state index contributed by atoms with van der Waals surface area (Å²) in [6.45, 7) is 0.317. The molecule has 0 radical (unpaired) electrons. The first-order valence-electron chi connectivity index (χ1n) is 4.26. The monoisotopic (exact) mass is 188 g/mol. The van der Waals surface area contributed by atoms with Crippen LogP contribution in [0.5, 0.6) is 0 Å². The Morgan fingerprint density at radius 2 is 2.42 bits per heavy atom. The summed E-state index contributed by atoms with van der Waals surface area (Å²) in [4.78, 5) is 11.2. The molecule has 1 rings (SSSR count). The van der Waals surface area contributed by atoms with Crippen molar-refractivity contribution in [2.45, 2.75) is 25.7 Å². The van der Waals surface area contributed by atoms with Gasteiger partial charge in [-0.1, -0.05) is 6.08 Å². The van der Waals surface area contributed by atoms with Gasteiger partial charge in [-0.15, -0.1) is 11.6 Å². The van der Waals surface area contributed by atoms with E-state index >= 15 is 0 Å². The molecule has 2 nitrogen and oxygen atoms in total. The van der Waals surface area contributed by atoms with E-state index in [1.807, 2.05) is 6.08 Å². The molecular formula is C9H13ClO2. The number of halogens is 1. The summed E-state index contributed by atoms with van der Waals surface area (Å²) in [6.07, 6.45) is 6.13. The second-order valence-electron chi connectivity index (χ2n) is 2.80. The van der Waals surface area contributed by atoms with Crippen molar-refractivity contribution in [2.24, 2.45) is 0 Å². The lowest BCUT2D eigenvalue weighted by molar-refractivity contribution is -0.138. The van der Waals surface area contributed by atoms with E-state index in [4.69, 9.17) is 16.3 Å². The molecule has 1 aliphatic carbocycles. The first-order valence-corrected chi connectivity index (χ1v) is 4.80. The number of hydrogen-bond donors (Lipinski definition) is 0. The van der Waals surface area contributed by atoms with E-state index in [9.17, 15) is 4.79 Å². The Balaban J connectivity index is 2.35. The molecule has 3 heteroatoms. The molecule has 0 aromatic rings. The number of esters is 1. The highest BCUT2D eigenvalue weighted by Gasteiger charge is 2.12. The fraction of sp³-hybridized carbons (Fsp3) is 0.667. The number of carbonyl (C=O) groups excluding carboxylic acids is 1. The second-order valence-corrected chi connectivity index (χ2v) is 3.18. The van der Waals surface area contributed by atoms with Gasteiger partial charge < -0.3 is 4.74 Å². The van der Waals surface area contributed by atoms with Crippen LogP contribution in [-0.4, -0.2) is 18.5 Å². The van der Waals surface area contributed by atoms with Gasteiger partial charge in [-0.25, -0.2) is 4.79 Å². The molecule has 0 atom stereocenters. The van der Waals surface area contributed by atoms with Crippen LogP contribution in [0.1, 0.15) is 25.7 Å². The van der Waals surface area contributed by atoms with E-state index in [0.29, 0.717) is 12.5 Å². The van der Waals surface area contributed by atoms with Crippen molar-refractivity contribution in [3.05, 3.63) is 11.6 Å². The summed E-state index contributed by atoms with van der Waals surface area (Å²) >= 11 is 5.39. The topological polar surface area (TPSA) is 26.3 Å². The van der Waals surface area contributed by atoms with E-state index in [-0.39, 0.29) is 5.97 Å². The lowest BCUT2D eigenvalue weighted by atomic mass is 10.00. The van der Waals surface area contributed by atoms with Gasteiger partial charge in [0.05, 0.1) is 5.88 Å². The molecule has 12 heavy (non-hydrogen) atoms. The summed E-state index contributed by atoms with van der Waals surface area (Å²) in [7, 11) is 0. The molecule has 0 N–H and O–H groups in total. The van der Waals surface area contributed by atoms with Crippen molar-refractivity contribution in [1.29, 1.82) is 0 Å². The first-order chi connectivity index (χ1) is 5.84. The van der Waals surface area contributed by atoms with Crippen LogP contribution < -0.4 is 0 Å². The normalized spacial score (nSPS) is 16.9. The van der Waals surface area contributed by atoms with Gasteiger partial charge in [-0.2, -0.15) is 0 Å². The van der Waals surface area contributed by atoms with E-state index in [0.717, 1.165) is 24.8 Å². The third-order valence-electron chi connectivity index (χ3n) is 1.86. The quantitative estimate of drug-likeness (QED) is 0.502. The molecule has 0 aliphatic heterocycles. The summed E-state index contributed by atoms with van der Waals surface area (Å²) in [5.41, 5.74) is 0.825. The van der Waals surface area contributed by atoms with Gasteiger partial charge in [0.15, 0.2) is 0 Å². The van der Waals surface area contributed by atoms with Crippen molar-refractivity contribution in [3.8, 4) is 0 Å². The standard InChI is InChI=1S/C9H13ClO2/c10-6-7-12-9(11)8-4-2-1-3-5-8/h4H,1-3,5-7H2. The highest BCUT2D eigenvalue weighted by molar-refractivity contribution is 6.18. The first kappa shape index (κ1) is 9.59. The third-order valence-corrected chi connectivity index (χ3v) is 2.02. The van der Waals surface area contributed by atoms with Crippen LogP contribution in [0.2, 0.25) is 0 Å². The highest BCUT2D eigenvalue weighted by Crippen LogP contribution is 2.18. The number of rotatable bonds is 3. The summed E-state index contributed by atoms with van der Waals surface area (Å²) in [5.74, 6) is 0.189. The van der Waals surface area contributed by atoms with Crippen LogP contribution in [0.25, 0.3) is 0 Å². The van der Waals surface area contributed by atoms with Gasteiger partial charge in [0.2, 0.25) is 0 Å². The molecule has 0 unspecified atom stereocenters. The molecule has 0 spiro atoms. The molecule has 68 valence electrons. The van der Waals surface area contributed by atoms with E-state index in [1.54, 1.807) is 0 Å². The molecule has 0 heterocycles. The van der Waals surface area contributed by atoms with Gasteiger partial charge in [0.25, 0.3) is 0 Å². The number of hydrogen-bond acceptors (Lipinski definition) is 2. The fourth-order valence-electron chi connectivity index (χ4n) is 1.25. The molecule has 0 saturated heterocycles. The smallest absolute Gasteiger partial charge is 0.333 e. The van der Waals surface area contributed by atoms with Crippen LogP contribution in [-0.2, 0) is 9.53 Å². The Morgan fingerprint density at radius 3 is 3.00 bits per heavy atom. The van der Waals surface area contributed by atoms with Crippen molar-refractivity contribution in [2.75, 3.05) is 12.5 Å². The Kier molecular flexibility index (Phi) is 4.15. The van der Waals surface area contributed by atoms with Crippen LogP contribution in [0.15, 0.2) is 11.6 Å². The van der Waals surface area contributed by atoms with E-state index < -0.39 is 0 Å². The predicted molar refractivity (Wildman–Crippen MR) is 48.2 cm³/mol. The molecule has 1 aliphatic rings. The maximum Gasteiger partial charge on any atom is 0.333 e. The Labute approximate surface area is 77.5 Å².